The third kappa shape index (κ3) is 5.85. The number of nitrogens with zero attached hydrogens (tertiary/aromatic N) is 3. The summed E-state index contributed by atoms with van der Waals surface area (Å²) in [7, 11) is -2.89. The van der Waals surface area contributed by atoms with Crippen LogP contribution < -0.4 is 25.2 Å². The molecule has 5 rings (SSSR count). The summed E-state index contributed by atoms with van der Waals surface area (Å²) in [6.07, 6.45) is 4.09. The number of halogens is 3. The van der Waals surface area contributed by atoms with Gasteiger partial charge in [-0.15, -0.1) is 0 Å². The van der Waals surface area contributed by atoms with Gasteiger partial charge in [-0.25, -0.2) is 4.98 Å². The number of primary amides is 1. The smallest absolute Gasteiger partial charge is 0.480 e. The van der Waals surface area contributed by atoms with Crippen molar-refractivity contribution < 1.29 is 40.3 Å². The van der Waals surface area contributed by atoms with Gasteiger partial charge in [0.25, 0.3) is 5.91 Å². The Balaban J connectivity index is 1.63. The molecule has 12 nitrogen and oxygen atoms in total. The zero-order valence-corrected chi connectivity index (χ0v) is 23.1. The molecule has 0 radical (unpaired) electrons. The number of benzene rings is 2. The first-order chi connectivity index (χ1) is 20.4. The molecular formula is C27H21F3N6O6S. The number of nitrogens with one attached hydrogen (secondary N) is 2. The zero-order chi connectivity index (χ0) is 30.9. The first kappa shape index (κ1) is 29.1. The number of pyridine rings is 1. The van der Waals surface area contributed by atoms with E-state index >= 15 is 0 Å². The second-order valence-electron chi connectivity index (χ2n) is 8.88. The summed E-state index contributed by atoms with van der Waals surface area (Å²) in [5.74, 6) is -0.362. The number of alkyl halides is 3. The third-order valence-corrected chi connectivity index (χ3v) is 7.23. The average molecular weight is 615 g/mol. The maximum absolute atomic E-state index is 13.1. The maximum atomic E-state index is 13.1. The number of ether oxygens (including phenoxy) is 2. The number of furan rings is 1. The topological polar surface area (TPSA) is 172 Å². The highest BCUT2D eigenvalue weighted by molar-refractivity contribution is 7.93. The van der Waals surface area contributed by atoms with E-state index in [4.69, 9.17) is 19.6 Å². The lowest BCUT2D eigenvalue weighted by Crippen LogP contribution is -2.29. The minimum Gasteiger partial charge on any atom is -0.480 e. The van der Waals surface area contributed by atoms with E-state index in [1.807, 2.05) is 0 Å². The minimum atomic E-state index is -5.74. The van der Waals surface area contributed by atoms with Crippen LogP contribution in [0, 0.1) is 0 Å². The fourth-order valence-electron chi connectivity index (χ4n) is 4.19. The van der Waals surface area contributed by atoms with Crippen molar-refractivity contribution >= 4 is 43.9 Å². The largest absolute Gasteiger partial charge is 0.516 e. The Hall–Kier alpha value is -5.38. The number of amides is 1. The molecule has 0 aliphatic carbocycles. The molecule has 3 heterocycles. The second-order valence-corrected chi connectivity index (χ2v) is 10.5. The van der Waals surface area contributed by atoms with Crippen molar-refractivity contribution in [1.82, 2.24) is 15.0 Å². The molecule has 0 unspecified atom stereocenters. The monoisotopic (exact) mass is 614 g/mol. The molecule has 0 atom stereocenters. The molecule has 0 saturated carbocycles. The van der Waals surface area contributed by atoms with E-state index in [2.05, 4.69) is 20.3 Å². The molecule has 5 aromatic rings. The van der Waals surface area contributed by atoms with Crippen LogP contribution in [0.1, 0.15) is 10.4 Å². The normalized spacial score (nSPS) is 11.7. The van der Waals surface area contributed by atoms with E-state index in [1.54, 1.807) is 24.3 Å². The summed E-state index contributed by atoms with van der Waals surface area (Å²) < 4.78 is 80.4. The molecule has 4 N–H and O–H groups in total. The summed E-state index contributed by atoms with van der Waals surface area (Å²) in [5.41, 5.74) is 1.65. The van der Waals surface area contributed by atoms with Gasteiger partial charge in [0.15, 0.2) is 0 Å². The van der Waals surface area contributed by atoms with Crippen LogP contribution in [0.25, 0.3) is 33.4 Å². The van der Waals surface area contributed by atoms with Crippen molar-refractivity contribution in [2.75, 3.05) is 24.3 Å². The van der Waals surface area contributed by atoms with Gasteiger partial charge in [0, 0.05) is 29.0 Å². The van der Waals surface area contributed by atoms with Crippen LogP contribution in [0.4, 0.5) is 30.2 Å². The lowest BCUT2D eigenvalue weighted by Gasteiger charge is -2.17. The number of methoxy groups -OCH3 is 2. The number of aromatic nitrogens is 3. The lowest BCUT2D eigenvalue weighted by atomic mass is 10.0. The van der Waals surface area contributed by atoms with Crippen LogP contribution >= 0.6 is 0 Å². The number of hydrogen-bond acceptors (Lipinski definition) is 10. The summed E-state index contributed by atoms with van der Waals surface area (Å²) in [5, 5.41) is 3.41. The van der Waals surface area contributed by atoms with Gasteiger partial charge in [-0.1, -0.05) is 12.1 Å². The molecule has 43 heavy (non-hydrogen) atoms. The Kier molecular flexibility index (Phi) is 7.54. The minimum absolute atomic E-state index is 0.0357. The predicted molar refractivity (Wildman–Crippen MR) is 150 cm³/mol. The number of carbonyl (C=O) groups excluding carboxylic acids is 1. The molecule has 0 aliphatic heterocycles. The Labute approximate surface area is 241 Å². The molecule has 0 spiro atoms. The number of rotatable bonds is 9. The third-order valence-electron chi connectivity index (χ3n) is 6.12. The fraction of sp³-hybridized carbons (Fsp3) is 0.111. The van der Waals surface area contributed by atoms with Crippen LogP contribution in [-0.2, 0) is 10.0 Å². The summed E-state index contributed by atoms with van der Waals surface area (Å²) in [4.78, 5) is 25.0. The van der Waals surface area contributed by atoms with Crippen LogP contribution in [0.15, 0.2) is 71.6 Å². The van der Waals surface area contributed by atoms with Gasteiger partial charge >= 0.3 is 21.5 Å². The van der Waals surface area contributed by atoms with Gasteiger partial charge in [0.05, 0.1) is 48.5 Å². The SMILES string of the molecule is COc1ncc(-c2ccc3c(Nc4cc(NS(=O)(=O)C(F)(F)F)cc(-c5ccco5)c4)c(C(N)=O)cnc3c2)c(OC)n1. The number of carbonyl (C=O) groups is 1. The van der Waals surface area contributed by atoms with E-state index in [9.17, 15) is 26.4 Å². The first-order valence-electron chi connectivity index (χ1n) is 12.1. The van der Waals surface area contributed by atoms with Crippen molar-refractivity contribution in [2.24, 2.45) is 5.73 Å². The van der Waals surface area contributed by atoms with E-state index in [0.29, 0.717) is 22.0 Å². The number of fused-ring (bicyclic) bond motifs is 1. The van der Waals surface area contributed by atoms with E-state index in [0.717, 1.165) is 6.07 Å². The molecule has 0 bridgehead atoms. The molecule has 0 aliphatic rings. The Morgan fingerprint density at radius 1 is 0.977 bits per heavy atom. The van der Waals surface area contributed by atoms with Gasteiger partial charge < -0.3 is 24.9 Å². The number of nitrogens with two attached hydrogens (primary N) is 1. The van der Waals surface area contributed by atoms with Crippen molar-refractivity contribution in [2.45, 2.75) is 5.51 Å². The highest BCUT2D eigenvalue weighted by Gasteiger charge is 2.46. The van der Waals surface area contributed by atoms with Gasteiger partial charge in [0.2, 0.25) is 5.88 Å². The molecule has 1 amide bonds. The molecule has 222 valence electrons. The maximum Gasteiger partial charge on any atom is 0.516 e. The molecule has 16 heteroatoms. The lowest BCUT2D eigenvalue weighted by molar-refractivity contribution is -0.0429. The number of anilines is 3. The van der Waals surface area contributed by atoms with Gasteiger partial charge in [-0.3, -0.25) is 14.5 Å². The fourth-order valence-corrected chi connectivity index (χ4v) is 4.73. The van der Waals surface area contributed by atoms with Crippen molar-refractivity contribution in [3.8, 4) is 34.3 Å². The van der Waals surface area contributed by atoms with Crippen LogP contribution in [0.2, 0.25) is 0 Å². The summed E-state index contributed by atoms with van der Waals surface area (Å²) >= 11 is 0. The standard InChI is InChI=1S/C27H21F3N6O6S/c1-40-25-19(12-33-26(35-25)41-2)14-5-6-18-21(10-14)32-13-20(24(31)37)23(18)34-16-8-15(22-4-3-7-42-22)9-17(11-16)36-43(38,39)27(28,29)30/h3-13,36H,1-2H3,(H2,31,37)(H,32,34). The molecule has 3 aromatic heterocycles. The quantitative estimate of drug-likeness (QED) is 0.203. The van der Waals surface area contributed by atoms with Gasteiger partial charge in [-0.05, 0) is 42.0 Å². The van der Waals surface area contributed by atoms with Crippen LogP contribution in [-0.4, -0.2) is 49.0 Å². The Morgan fingerprint density at radius 3 is 2.40 bits per heavy atom. The molecule has 2 aromatic carbocycles. The number of sulfonamides is 1. The van der Waals surface area contributed by atoms with Crippen molar-refractivity contribution in [1.29, 1.82) is 0 Å². The Bertz CT molecular complexity index is 1950. The average Bonchev–Trinajstić information content (AvgIpc) is 3.51. The van der Waals surface area contributed by atoms with E-state index in [1.165, 1.54) is 55.8 Å². The highest BCUT2D eigenvalue weighted by Crippen LogP contribution is 2.37. The predicted octanol–water partition coefficient (Wildman–Crippen LogP) is 5.07. The first-order valence-corrected chi connectivity index (χ1v) is 13.6. The van der Waals surface area contributed by atoms with Crippen molar-refractivity contribution in [3.05, 3.63) is 72.8 Å². The summed E-state index contributed by atoms with van der Waals surface area (Å²) in [6, 6.07) is 12.0. The zero-order valence-electron chi connectivity index (χ0n) is 22.3. The van der Waals surface area contributed by atoms with Crippen molar-refractivity contribution in [3.63, 3.8) is 0 Å². The summed E-state index contributed by atoms with van der Waals surface area (Å²) in [6.45, 7) is 0. The molecule has 0 saturated heterocycles. The molecular weight excluding hydrogens is 593 g/mol. The second kappa shape index (κ2) is 11.1. The molecule has 0 fully saturated rings. The van der Waals surface area contributed by atoms with Crippen LogP contribution in [0.5, 0.6) is 11.9 Å². The van der Waals surface area contributed by atoms with Crippen LogP contribution in [0.3, 0.4) is 0 Å². The Morgan fingerprint density at radius 2 is 1.74 bits per heavy atom. The van der Waals surface area contributed by atoms with E-state index < -0.39 is 27.1 Å². The number of hydrogen-bond donors (Lipinski definition) is 3. The van der Waals surface area contributed by atoms with Gasteiger partial charge in [0.1, 0.15) is 5.76 Å². The highest BCUT2D eigenvalue weighted by atomic mass is 32.2. The van der Waals surface area contributed by atoms with E-state index in [-0.39, 0.29) is 40.2 Å². The van der Waals surface area contributed by atoms with Gasteiger partial charge in [-0.2, -0.15) is 26.6 Å².